The van der Waals surface area contributed by atoms with Gasteiger partial charge in [0.25, 0.3) is 0 Å². The Morgan fingerprint density at radius 1 is 1.38 bits per heavy atom. The smallest absolute Gasteiger partial charge is 0.240 e. The molecule has 16 heavy (non-hydrogen) atoms. The molecule has 1 rings (SSSR count). The molecule has 0 aliphatic carbocycles. The molecule has 0 atom stereocenters. The number of hydrogen-bond donors (Lipinski definition) is 2. The van der Waals surface area contributed by atoms with E-state index >= 15 is 0 Å². The number of benzene rings is 1. The monoisotopic (exact) mass is 258 g/mol. The summed E-state index contributed by atoms with van der Waals surface area (Å²) in [4.78, 5) is 0.642. The van der Waals surface area contributed by atoms with Crippen molar-refractivity contribution in [2.45, 2.75) is 18.2 Å². The molecule has 1 aromatic rings. The van der Waals surface area contributed by atoms with Crippen molar-refractivity contribution in [1.82, 2.24) is 4.72 Å². The molecule has 0 unspecified atom stereocenters. The summed E-state index contributed by atoms with van der Waals surface area (Å²) in [6, 6.07) is 6.52. The van der Waals surface area contributed by atoms with E-state index < -0.39 is 10.0 Å². The van der Waals surface area contributed by atoms with Gasteiger partial charge in [-0.05, 0) is 17.7 Å². The maximum absolute atomic E-state index is 11.6. The van der Waals surface area contributed by atoms with Crippen molar-refractivity contribution in [1.29, 1.82) is 0 Å². The highest BCUT2D eigenvalue weighted by atomic mass is 32.2. The predicted octanol–water partition coefficient (Wildman–Crippen LogP) is 0.813. The summed E-state index contributed by atoms with van der Waals surface area (Å²) >= 11 is 4.77. The van der Waals surface area contributed by atoms with E-state index in [-0.39, 0.29) is 4.90 Å². The second-order valence-electron chi connectivity index (χ2n) is 3.29. The van der Waals surface area contributed by atoms with Crippen LogP contribution in [0.2, 0.25) is 0 Å². The Bertz CT molecular complexity index is 466. The third-order valence-electron chi connectivity index (χ3n) is 1.95. The number of nitrogens with two attached hydrogens (primary N) is 1. The predicted molar refractivity (Wildman–Crippen MR) is 67.8 cm³/mol. The van der Waals surface area contributed by atoms with Crippen molar-refractivity contribution in [2.75, 3.05) is 6.54 Å². The maximum atomic E-state index is 11.6. The largest absolute Gasteiger partial charge is 0.393 e. The van der Waals surface area contributed by atoms with Crippen LogP contribution in [0.4, 0.5) is 0 Å². The third kappa shape index (κ3) is 3.55. The average Bonchev–Trinajstić information content (AvgIpc) is 2.17. The van der Waals surface area contributed by atoms with Crippen LogP contribution in [0.3, 0.4) is 0 Å². The zero-order valence-electron chi connectivity index (χ0n) is 8.93. The molecule has 3 N–H and O–H groups in total. The normalized spacial score (nSPS) is 11.3. The van der Waals surface area contributed by atoms with Gasteiger partial charge >= 0.3 is 0 Å². The maximum Gasteiger partial charge on any atom is 0.240 e. The highest BCUT2D eigenvalue weighted by molar-refractivity contribution is 7.89. The minimum absolute atomic E-state index is 0.251. The topological polar surface area (TPSA) is 72.2 Å². The Kier molecular flexibility index (Phi) is 4.40. The van der Waals surface area contributed by atoms with Gasteiger partial charge in [-0.1, -0.05) is 31.3 Å². The summed E-state index contributed by atoms with van der Waals surface area (Å²) in [5, 5.41) is 0. The molecule has 0 amide bonds. The van der Waals surface area contributed by atoms with Gasteiger partial charge in [0, 0.05) is 13.0 Å². The molecule has 88 valence electrons. The van der Waals surface area contributed by atoms with Gasteiger partial charge in [-0.25, -0.2) is 13.1 Å². The van der Waals surface area contributed by atoms with Gasteiger partial charge in [0.05, 0.1) is 9.88 Å². The standard InChI is InChI=1S/C10H14N2O2S2/c1-2-12-16(13,14)9-5-3-8(4-6-9)7-10(11)15/h3-6,12H,2,7H2,1H3,(H2,11,15). The van der Waals surface area contributed by atoms with Crippen LogP contribution < -0.4 is 10.5 Å². The lowest BCUT2D eigenvalue weighted by Crippen LogP contribution is -2.23. The van der Waals surface area contributed by atoms with Gasteiger partial charge in [-0.15, -0.1) is 0 Å². The average molecular weight is 258 g/mol. The highest BCUT2D eigenvalue weighted by Gasteiger charge is 2.11. The minimum atomic E-state index is -3.37. The molecule has 0 bridgehead atoms. The quantitative estimate of drug-likeness (QED) is 0.767. The summed E-state index contributed by atoms with van der Waals surface area (Å²) in [6.45, 7) is 2.11. The number of thiocarbonyl (C=S) groups is 1. The first-order chi connectivity index (χ1) is 7.45. The first-order valence-electron chi connectivity index (χ1n) is 4.82. The highest BCUT2D eigenvalue weighted by Crippen LogP contribution is 2.10. The van der Waals surface area contributed by atoms with Crippen LogP contribution in [0.15, 0.2) is 29.2 Å². The SMILES string of the molecule is CCNS(=O)(=O)c1ccc(CC(N)=S)cc1. The molecule has 0 heterocycles. The van der Waals surface area contributed by atoms with E-state index in [1.54, 1.807) is 31.2 Å². The number of rotatable bonds is 5. The lowest BCUT2D eigenvalue weighted by Gasteiger charge is -2.05. The fraction of sp³-hybridized carbons (Fsp3) is 0.300. The van der Waals surface area contributed by atoms with Crippen molar-refractivity contribution in [3.05, 3.63) is 29.8 Å². The van der Waals surface area contributed by atoms with Crippen LogP contribution in [0.1, 0.15) is 12.5 Å². The van der Waals surface area contributed by atoms with Crippen molar-refractivity contribution in [3.63, 3.8) is 0 Å². The molecule has 6 heteroatoms. The molecule has 4 nitrogen and oxygen atoms in total. The molecule has 0 radical (unpaired) electrons. The van der Waals surface area contributed by atoms with Crippen molar-refractivity contribution in [3.8, 4) is 0 Å². The molecule has 0 aliphatic heterocycles. The fourth-order valence-corrected chi connectivity index (χ4v) is 2.47. The molecule has 0 saturated heterocycles. The van der Waals surface area contributed by atoms with Gasteiger partial charge in [-0.2, -0.15) is 0 Å². The first kappa shape index (κ1) is 13.1. The zero-order valence-corrected chi connectivity index (χ0v) is 10.6. The van der Waals surface area contributed by atoms with E-state index in [9.17, 15) is 8.42 Å². The first-order valence-corrected chi connectivity index (χ1v) is 6.71. The number of sulfonamides is 1. The Labute approximate surface area is 101 Å². The van der Waals surface area contributed by atoms with Gasteiger partial charge in [0.1, 0.15) is 0 Å². The lowest BCUT2D eigenvalue weighted by atomic mass is 10.1. The number of hydrogen-bond acceptors (Lipinski definition) is 3. The van der Waals surface area contributed by atoms with Crippen LogP contribution in [-0.2, 0) is 16.4 Å². The fourth-order valence-electron chi connectivity index (χ4n) is 1.26. The zero-order chi connectivity index (χ0) is 12.2. The van der Waals surface area contributed by atoms with Gasteiger partial charge in [-0.3, -0.25) is 0 Å². The lowest BCUT2D eigenvalue weighted by molar-refractivity contribution is 0.584. The van der Waals surface area contributed by atoms with Crippen LogP contribution in [0.5, 0.6) is 0 Å². The second-order valence-corrected chi connectivity index (χ2v) is 5.58. The second kappa shape index (κ2) is 5.38. The Morgan fingerprint density at radius 2 is 1.94 bits per heavy atom. The molecular formula is C10H14N2O2S2. The summed E-state index contributed by atoms with van der Waals surface area (Å²) < 4.78 is 25.6. The number of nitrogens with one attached hydrogen (secondary N) is 1. The Hall–Kier alpha value is -0.980. The molecule has 1 aromatic carbocycles. The Morgan fingerprint density at radius 3 is 2.38 bits per heavy atom. The Balaban J connectivity index is 2.91. The van der Waals surface area contributed by atoms with E-state index in [1.165, 1.54) is 0 Å². The molecule has 0 saturated carbocycles. The molecule has 0 aliphatic rings. The van der Waals surface area contributed by atoms with Crippen molar-refractivity contribution >= 4 is 27.2 Å². The van der Waals surface area contributed by atoms with E-state index in [0.29, 0.717) is 18.0 Å². The summed E-state index contributed by atoms with van der Waals surface area (Å²) in [6.07, 6.45) is 0.483. The molecular weight excluding hydrogens is 244 g/mol. The third-order valence-corrected chi connectivity index (χ3v) is 3.65. The summed E-state index contributed by atoms with van der Waals surface area (Å²) in [7, 11) is -3.37. The van der Waals surface area contributed by atoms with E-state index in [4.69, 9.17) is 18.0 Å². The molecule has 0 fully saturated rings. The van der Waals surface area contributed by atoms with Crippen LogP contribution >= 0.6 is 12.2 Å². The van der Waals surface area contributed by atoms with Gasteiger partial charge < -0.3 is 5.73 Å². The summed E-state index contributed by atoms with van der Waals surface area (Å²) in [5.41, 5.74) is 6.30. The molecule has 0 spiro atoms. The van der Waals surface area contributed by atoms with Gasteiger partial charge in [0.2, 0.25) is 10.0 Å². The van der Waals surface area contributed by atoms with Crippen LogP contribution in [-0.4, -0.2) is 20.0 Å². The van der Waals surface area contributed by atoms with Crippen LogP contribution in [0, 0.1) is 0 Å². The van der Waals surface area contributed by atoms with Crippen LogP contribution in [0.25, 0.3) is 0 Å². The summed E-state index contributed by atoms with van der Waals surface area (Å²) in [5.74, 6) is 0. The van der Waals surface area contributed by atoms with Crippen molar-refractivity contribution in [2.24, 2.45) is 5.73 Å². The van der Waals surface area contributed by atoms with Crippen molar-refractivity contribution < 1.29 is 8.42 Å². The van der Waals surface area contributed by atoms with E-state index in [1.807, 2.05) is 0 Å². The molecule has 0 aromatic heterocycles. The van der Waals surface area contributed by atoms with E-state index in [0.717, 1.165) is 5.56 Å². The van der Waals surface area contributed by atoms with Gasteiger partial charge in [0.15, 0.2) is 0 Å². The van der Waals surface area contributed by atoms with E-state index in [2.05, 4.69) is 4.72 Å². The minimum Gasteiger partial charge on any atom is -0.393 e.